The van der Waals surface area contributed by atoms with Crippen molar-refractivity contribution in [2.45, 2.75) is 107 Å². The number of nitrogens with one attached hydrogen (secondary N) is 3. The number of fused-ring (bicyclic) bond motifs is 5. The summed E-state index contributed by atoms with van der Waals surface area (Å²) in [5.41, 5.74) is -1.54. The third-order valence-electron chi connectivity index (χ3n) is 11.7. The molecule has 3 saturated carbocycles. The summed E-state index contributed by atoms with van der Waals surface area (Å²) in [6.45, 7) is 5.61. The number of benzene rings is 2. The number of hydrogen-bond acceptors (Lipinski definition) is 9. The Kier molecular flexibility index (Phi) is 9.24. The fourth-order valence-electron chi connectivity index (χ4n) is 8.16. The van der Waals surface area contributed by atoms with E-state index in [0.29, 0.717) is 32.1 Å². The van der Waals surface area contributed by atoms with E-state index in [1.54, 1.807) is 14.2 Å². The van der Waals surface area contributed by atoms with E-state index in [1.165, 1.54) is 4.90 Å². The van der Waals surface area contributed by atoms with E-state index < -0.39 is 67.7 Å². The molecule has 5 aliphatic rings. The Labute approximate surface area is 304 Å². The lowest BCUT2D eigenvalue weighted by atomic mass is 9.85. The number of sulfonamides is 1. The molecule has 2 heterocycles. The van der Waals surface area contributed by atoms with Gasteiger partial charge in [0.1, 0.15) is 29.0 Å². The molecule has 7 rings (SSSR count). The number of hydrogen-bond donors (Lipinski definition) is 3. The Morgan fingerprint density at radius 3 is 2.40 bits per heavy atom. The molecule has 282 valence electrons. The van der Waals surface area contributed by atoms with Crippen molar-refractivity contribution in [2.24, 2.45) is 17.3 Å². The topological polar surface area (TPSA) is 169 Å². The number of nitrogens with zero attached hydrogens (tertiary/aromatic N) is 1. The summed E-state index contributed by atoms with van der Waals surface area (Å²) in [7, 11) is -0.673. The minimum absolute atomic E-state index is 0.0143. The zero-order chi connectivity index (χ0) is 37.2. The summed E-state index contributed by atoms with van der Waals surface area (Å²) in [5, 5.41) is 7.05. The Balaban J connectivity index is 1.28. The van der Waals surface area contributed by atoms with Gasteiger partial charge in [0.05, 0.1) is 25.5 Å². The molecule has 14 heteroatoms. The van der Waals surface area contributed by atoms with Gasteiger partial charge in [-0.05, 0) is 109 Å². The van der Waals surface area contributed by atoms with Crippen LogP contribution in [0.15, 0.2) is 30.3 Å². The molecule has 0 radical (unpaired) electrons. The minimum Gasteiger partial charge on any atom is -0.496 e. The van der Waals surface area contributed by atoms with Gasteiger partial charge in [-0.1, -0.05) is 32.9 Å². The second-order valence-electron chi connectivity index (χ2n) is 16.4. The third-order valence-corrected chi connectivity index (χ3v) is 13.5. The molecule has 0 unspecified atom stereocenters. The average Bonchev–Trinajstić information content (AvgIpc) is 3.96. The highest BCUT2D eigenvalue weighted by atomic mass is 32.2. The molecule has 5 bridgehead atoms. The van der Waals surface area contributed by atoms with Crippen molar-refractivity contribution in [3.05, 3.63) is 41.5 Å². The first-order chi connectivity index (χ1) is 24.6. The van der Waals surface area contributed by atoms with Crippen molar-refractivity contribution in [3.8, 4) is 5.75 Å². The van der Waals surface area contributed by atoms with Crippen LogP contribution in [0.1, 0.15) is 83.3 Å². The monoisotopic (exact) mass is 738 g/mol. The van der Waals surface area contributed by atoms with Gasteiger partial charge in [-0.3, -0.25) is 19.1 Å². The molecule has 0 spiro atoms. The van der Waals surface area contributed by atoms with Gasteiger partial charge in [-0.15, -0.1) is 0 Å². The van der Waals surface area contributed by atoms with Crippen LogP contribution in [0.3, 0.4) is 0 Å². The summed E-state index contributed by atoms with van der Waals surface area (Å²) in [6, 6.07) is 7.81. The van der Waals surface area contributed by atoms with E-state index in [1.807, 2.05) is 45.0 Å². The van der Waals surface area contributed by atoms with Crippen LogP contribution >= 0.6 is 0 Å². The Hall–Kier alpha value is -3.91. The molecule has 3 aliphatic carbocycles. The van der Waals surface area contributed by atoms with Crippen molar-refractivity contribution in [3.63, 3.8) is 0 Å². The number of rotatable bonds is 8. The molecule has 0 aromatic heterocycles. The fraction of sp³-hybridized carbons (Fsp3) is 0.632. The lowest BCUT2D eigenvalue weighted by molar-refractivity contribution is -0.143. The molecular formula is C38H50N4O9S. The summed E-state index contributed by atoms with van der Waals surface area (Å²) in [4.78, 5) is 57.6. The van der Waals surface area contributed by atoms with Crippen LogP contribution < -0.4 is 20.1 Å². The van der Waals surface area contributed by atoms with Gasteiger partial charge < -0.3 is 29.7 Å². The van der Waals surface area contributed by atoms with E-state index in [0.717, 1.165) is 46.9 Å². The van der Waals surface area contributed by atoms with Crippen LogP contribution in [0.4, 0.5) is 4.79 Å². The van der Waals surface area contributed by atoms with Crippen LogP contribution in [0, 0.1) is 17.3 Å². The van der Waals surface area contributed by atoms with Crippen LogP contribution in [-0.2, 0) is 45.9 Å². The summed E-state index contributed by atoms with van der Waals surface area (Å²) in [6.07, 6.45) is 4.47. The predicted molar refractivity (Wildman–Crippen MR) is 192 cm³/mol. The molecule has 2 aromatic carbocycles. The molecule has 4 amide bonds. The second kappa shape index (κ2) is 13.2. The number of alkyl carbamates (subject to hydrolysis) is 1. The van der Waals surface area contributed by atoms with Crippen molar-refractivity contribution in [1.29, 1.82) is 0 Å². The molecule has 13 nitrogen and oxygen atoms in total. The Morgan fingerprint density at radius 2 is 1.75 bits per heavy atom. The molecule has 1 saturated heterocycles. The van der Waals surface area contributed by atoms with Gasteiger partial charge in [0, 0.05) is 13.5 Å². The maximum Gasteiger partial charge on any atom is 0.407 e. The zero-order valence-corrected chi connectivity index (χ0v) is 31.4. The maximum atomic E-state index is 14.7. The first-order valence-corrected chi connectivity index (χ1v) is 19.9. The fourth-order valence-corrected chi connectivity index (χ4v) is 9.53. The second-order valence-corrected chi connectivity index (χ2v) is 18.4. The van der Waals surface area contributed by atoms with E-state index in [-0.39, 0.29) is 31.4 Å². The van der Waals surface area contributed by atoms with Crippen molar-refractivity contribution in [2.75, 3.05) is 27.4 Å². The number of cyclic esters (lactones) is 1. The van der Waals surface area contributed by atoms with E-state index >= 15 is 0 Å². The van der Waals surface area contributed by atoms with Crippen LogP contribution in [0.25, 0.3) is 10.8 Å². The number of ether oxygens (including phenoxy) is 3. The first kappa shape index (κ1) is 36.4. The zero-order valence-electron chi connectivity index (χ0n) is 30.6. The van der Waals surface area contributed by atoms with Gasteiger partial charge in [-0.2, -0.15) is 0 Å². The highest BCUT2D eigenvalue weighted by molar-refractivity contribution is 7.91. The number of amides is 4. The molecule has 2 aliphatic heterocycles. The van der Waals surface area contributed by atoms with Crippen molar-refractivity contribution >= 4 is 44.6 Å². The summed E-state index contributed by atoms with van der Waals surface area (Å²) < 4.78 is 45.5. The molecule has 52 heavy (non-hydrogen) atoms. The first-order valence-electron chi connectivity index (χ1n) is 18.4. The molecule has 5 atom stereocenters. The quantitative estimate of drug-likeness (QED) is 0.366. The van der Waals surface area contributed by atoms with Crippen LogP contribution in [0.2, 0.25) is 0 Å². The molecule has 4 fully saturated rings. The van der Waals surface area contributed by atoms with Crippen LogP contribution in [-0.4, -0.2) is 87.4 Å². The van der Waals surface area contributed by atoms with Gasteiger partial charge >= 0.3 is 6.09 Å². The average molecular weight is 739 g/mol. The molecule has 2 aromatic rings. The van der Waals surface area contributed by atoms with Gasteiger partial charge in [0.15, 0.2) is 0 Å². The third kappa shape index (κ3) is 6.83. The number of methoxy groups -OCH3 is 2. The van der Waals surface area contributed by atoms with Gasteiger partial charge in [0.2, 0.25) is 21.8 Å². The minimum atomic E-state index is -3.86. The number of carbonyl (C=O) groups excluding carboxylic acids is 4. The highest BCUT2D eigenvalue weighted by Crippen LogP contribution is 2.57. The summed E-state index contributed by atoms with van der Waals surface area (Å²) >= 11 is 0. The van der Waals surface area contributed by atoms with E-state index in [4.69, 9.17) is 14.2 Å². The molecule has 3 N–H and O–H groups in total. The Bertz CT molecular complexity index is 1900. The van der Waals surface area contributed by atoms with Crippen molar-refractivity contribution < 1.29 is 41.8 Å². The lowest BCUT2D eigenvalue weighted by Crippen LogP contribution is -2.60. The Morgan fingerprint density at radius 1 is 1.00 bits per heavy atom. The number of aryl methyl sites for hydroxylation is 1. The van der Waals surface area contributed by atoms with Gasteiger partial charge in [-0.25, -0.2) is 13.2 Å². The largest absolute Gasteiger partial charge is 0.496 e. The van der Waals surface area contributed by atoms with E-state index in [9.17, 15) is 27.6 Å². The normalized spacial score (nSPS) is 29.7. The van der Waals surface area contributed by atoms with Crippen LogP contribution in [0.5, 0.6) is 5.75 Å². The van der Waals surface area contributed by atoms with Gasteiger partial charge in [0.25, 0.3) is 5.91 Å². The smallest absolute Gasteiger partial charge is 0.407 e. The van der Waals surface area contributed by atoms with E-state index in [2.05, 4.69) is 21.4 Å². The van der Waals surface area contributed by atoms with Crippen molar-refractivity contribution in [1.82, 2.24) is 20.3 Å². The number of carbonyl (C=O) groups is 4. The highest BCUT2D eigenvalue weighted by Gasteiger charge is 2.67. The standard InChI is InChI=1S/C38H50N4O9S/c1-36(2,3)31-33(44)42-21-37(50-5,26-12-11-23-18-30(49-4)24(16-25(23)17-26)8-6-7-15-51-35(46)39-31)20-29(42)32(43)40-38(19-28(38)22-9-10-22)34(45)41-52(47,48)27-13-14-27/h11-12,16-18,22,27-29,31H,6-10,13-15,19-21H2,1-5H3,(H,39,46)(H,40,43)(H,41,45)/t28-,29-,31+,37-,38+/m0/s1. The summed E-state index contributed by atoms with van der Waals surface area (Å²) in [5.74, 6) is -1.03. The molecular weight excluding hydrogens is 689 g/mol. The predicted octanol–water partition coefficient (Wildman–Crippen LogP) is 3.66. The maximum absolute atomic E-state index is 14.7. The lowest BCUT2D eigenvalue weighted by Gasteiger charge is -2.36. The SMILES string of the molecule is COc1cc2ccc3cc2cc1CCCCOC(=O)N[C@@H](C(C)(C)C)C(=O)N1C[C@@]3(OC)C[C@H]1C(=O)N[C@]1(C(=O)NS(=O)(=O)C2CC2)C[C@H]1C1CC1.